The quantitative estimate of drug-likeness (QED) is 0.824. The molecule has 1 aromatic heterocycles. The van der Waals surface area contributed by atoms with E-state index in [1.807, 2.05) is 11.3 Å². The Morgan fingerprint density at radius 3 is 2.81 bits per heavy atom. The molecule has 2 nitrogen and oxygen atoms in total. The van der Waals surface area contributed by atoms with E-state index in [0.717, 1.165) is 25.3 Å². The van der Waals surface area contributed by atoms with Crippen molar-refractivity contribution in [1.82, 2.24) is 10.3 Å². The van der Waals surface area contributed by atoms with Gasteiger partial charge in [0.25, 0.3) is 0 Å². The summed E-state index contributed by atoms with van der Waals surface area (Å²) < 4.78 is 0. The second-order valence-electron chi connectivity index (χ2n) is 4.79. The van der Waals surface area contributed by atoms with Crippen LogP contribution in [0.2, 0.25) is 0 Å². The van der Waals surface area contributed by atoms with Crippen LogP contribution in [-0.4, -0.2) is 17.6 Å². The first kappa shape index (κ1) is 12.1. The van der Waals surface area contributed by atoms with Crippen molar-refractivity contribution in [3.05, 3.63) is 15.6 Å². The molecular weight excluding hydrogens is 216 g/mol. The van der Waals surface area contributed by atoms with Crippen LogP contribution in [0.25, 0.3) is 0 Å². The molecule has 0 aromatic carbocycles. The number of nitrogens with zero attached hydrogens (tertiary/aromatic N) is 1. The monoisotopic (exact) mass is 238 g/mol. The number of aryl methyl sites for hydroxylation is 2. The summed E-state index contributed by atoms with van der Waals surface area (Å²) in [5.74, 6) is 0.948. The van der Waals surface area contributed by atoms with E-state index in [4.69, 9.17) is 0 Å². The smallest absolute Gasteiger partial charge is 0.0943 e. The number of hydrogen-bond donors (Lipinski definition) is 1. The van der Waals surface area contributed by atoms with Gasteiger partial charge >= 0.3 is 0 Å². The van der Waals surface area contributed by atoms with Gasteiger partial charge in [-0.3, -0.25) is 0 Å². The van der Waals surface area contributed by atoms with Crippen molar-refractivity contribution in [1.29, 1.82) is 0 Å². The lowest BCUT2D eigenvalue weighted by Gasteiger charge is -2.11. The van der Waals surface area contributed by atoms with E-state index < -0.39 is 0 Å². The maximum absolute atomic E-state index is 4.66. The highest BCUT2D eigenvalue weighted by atomic mass is 32.1. The average molecular weight is 238 g/mol. The minimum atomic E-state index is 0.701. The van der Waals surface area contributed by atoms with Crippen molar-refractivity contribution in [2.45, 2.75) is 52.5 Å². The second kappa shape index (κ2) is 5.28. The van der Waals surface area contributed by atoms with Crippen LogP contribution in [0.4, 0.5) is 0 Å². The molecule has 0 saturated heterocycles. The molecule has 1 heterocycles. The summed E-state index contributed by atoms with van der Waals surface area (Å²) in [6.45, 7) is 7.75. The zero-order valence-corrected chi connectivity index (χ0v) is 11.4. The lowest BCUT2D eigenvalue weighted by atomic mass is 10.2. The Morgan fingerprint density at radius 1 is 1.50 bits per heavy atom. The van der Waals surface area contributed by atoms with Gasteiger partial charge in [-0.2, -0.15) is 0 Å². The molecule has 16 heavy (non-hydrogen) atoms. The zero-order chi connectivity index (χ0) is 11.5. The van der Waals surface area contributed by atoms with Crippen molar-refractivity contribution in [2.75, 3.05) is 6.54 Å². The van der Waals surface area contributed by atoms with Crippen LogP contribution in [-0.2, 0) is 12.8 Å². The van der Waals surface area contributed by atoms with Crippen molar-refractivity contribution in [2.24, 2.45) is 5.92 Å². The fourth-order valence-electron chi connectivity index (χ4n) is 2.09. The first-order valence-corrected chi connectivity index (χ1v) is 7.21. The molecule has 1 atom stereocenters. The molecular formula is C13H22N2S. The van der Waals surface area contributed by atoms with Gasteiger partial charge in [-0.15, -0.1) is 11.3 Å². The van der Waals surface area contributed by atoms with E-state index in [9.17, 15) is 0 Å². The normalized spacial score (nSPS) is 17.7. The van der Waals surface area contributed by atoms with Crippen LogP contribution in [0.3, 0.4) is 0 Å². The van der Waals surface area contributed by atoms with Crippen molar-refractivity contribution < 1.29 is 0 Å². The Labute approximate surface area is 102 Å². The molecule has 0 aliphatic heterocycles. The number of thiazole rings is 1. The summed E-state index contributed by atoms with van der Waals surface area (Å²) in [4.78, 5) is 6.06. The molecule has 2 rings (SSSR count). The third kappa shape index (κ3) is 3.05. The predicted molar refractivity (Wildman–Crippen MR) is 70.1 cm³/mol. The van der Waals surface area contributed by atoms with Gasteiger partial charge in [-0.25, -0.2) is 4.98 Å². The highest BCUT2D eigenvalue weighted by molar-refractivity contribution is 7.11. The summed E-state index contributed by atoms with van der Waals surface area (Å²) in [6, 6.07) is 0.701. The fourth-order valence-corrected chi connectivity index (χ4v) is 3.11. The minimum absolute atomic E-state index is 0.701. The van der Waals surface area contributed by atoms with Crippen LogP contribution in [0, 0.1) is 12.8 Å². The Morgan fingerprint density at radius 2 is 2.25 bits per heavy atom. The van der Waals surface area contributed by atoms with E-state index in [0.29, 0.717) is 6.04 Å². The van der Waals surface area contributed by atoms with Gasteiger partial charge in [0, 0.05) is 23.9 Å². The van der Waals surface area contributed by atoms with Crippen molar-refractivity contribution in [3.8, 4) is 0 Å². The van der Waals surface area contributed by atoms with E-state index in [1.165, 1.54) is 28.4 Å². The first-order chi connectivity index (χ1) is 7.70. The average Bonchev–Trinajstić information content (AvgIpc) is 3.04. The summed E-state index contributed by atoms with van der Waals surface area (Å²) in [5, 5.41) is 4.90. The molecule has 1 aliphatic rings. The number of hydrogen-bond acceptors (Lipinski definition) is 3. The first-order valence-electron chi connectivity index (χ1n) is 6.39. The maximum Gasteiger partial charge on any atom is 0.0943 e. The Kier molecular flexibility index (Phi) is 3.98. The van der Waals surface area contributed by atoms with Gasteiger partial charge in [0.1, 0.15) is 0 Å². The fraction of sp³-hybridized carbons (Fsp3) is 0.769. The molecule has 1 unspecified atom stereocenters. The minimum Gasteiger partial charge on any atom is -0.314 e. The highest BCUT2D eigenvalue weighted by Crippen LogP contribution is 2.32. The maximum atomic E-state index is 4.66. The van der Waals surface area contributed by atoms with Gasteiger partial charge in [0.15, 0.2) is 0 Å². The Balaban J connectivity index is 1.75. The van der Waals surface area contributed by atoms with E-state index in [-0.39, 0.29) is 0 Å². The summed E-state index contributed by atoms with van der Waals surface area (Å²) in [7, 11) is 0. The van der Waals surface area contributed by atoms with Crippen molar-refractivity contribution in [3.63, 3.8) is 0 Å². The van der Waals surface area contributed by atoms with Crippen LogP contribution < -0.4 is 5.32 Å². The van der Waals surface area contributed by atoms with E-state index >= 15 is 0 Å². The zero-order valence-electron chi connectivity index (χ0n) is 10.5. The lowest BCUT2D eigenvalue weighted by molar-refractivity contribution is 0.500. The van der Waals surface area contributed by atoms with Gasteiger partial charge in [0.05, 0.1) is 10.7 Å². The van der Waals surface area contributed by atoms with E-state index in [1.54, 1.807) is 0 Å². The van der Waals surface area contributed by atoms with Crippen LogP contribution in [0.1, 0.15) is 42.3 Å². The molecule has 1 aliphatic carbocycles. The van der Waals surface area contributed by atoms with Gasteiger partial charge in [-0.1, -0.05) is 6.92 Å². The third-order valence-electron chi connectivity index (χ3n) is 3.41. The highest BCUT2D eigenvalue weighted by Gasteiger charge is 2.27. The van der Waals surface area contributed by atoms with Gasteiger partial charge < -0.3 is 5.32 Å². The predicted octanol–water partition coefficient (Wildman–Crippen LogP) is 2.94. The van der Waals surface area contributed by atoms with Gasteiger partial charge in [0.2, 0.25) is 0 Å². The summed E-state index contributed by atoms with van der Waals surface area (Å²) in [6.07, 6.45) is 4.99. The standard InChI is InChI=1S/C13H22N2S/c1-4-12-10(3)16-13(15-12)7-8-14-9(2)11-5-6-11/h9,11,14H,4-8H2,1-3H3. The van der Waals surface area contributed by atoms with Crippen LogP contribution in [0.5, 0.6) is 0 Å². The van der Waals surface area contributed by atoms with E-state index in [2.05, 4.69) is 31.1 Å². The lowest BCUT2D eigenvalue weighted by Crippen LogP contribution is -2.29. The SMILES string of the molecule is CCc1nc(CCNC(C)C2CC2)sc1C. The molecule has 1 N–H and O–H groups in total. The molecule has 1 aromatic rings. The number of rotatable bonds is 6. The van der Waals surface area contributed by atoms with Gasteiger partial charge in [-0.05, 0) is 39.0 Å². The topological polar surface area (TPSA) is 24.9 Å². The Hall–Kier alpha value is -0.410. The molecule has 0 radical (unpaired) electrons. The number of nitrogens with one attached hydrogen (secondary N) is 1. The van der Waals surface area contributed by atoms with Crippen molar-refractivity contribution >= 4 is 11.3 Å². The Bertz CT molecular complexity index is 342. The number of aromatic nitrogens is 1. The second-order valence-corrected chi connectivity index (χ2v) is 6.08. The van der Waals surface area contributed by atoms with Crippen LogP contribution in [0.15, 0.2) is 0 Å². The molecule has 0 spiro atoms. The third-order valence-corrected chi connectivity index (χ3v) is 4.48. The largest absolute Gasteiger partial charge is 0.314 e. The van der Waals surface area contributed by atoms with Crippen LogP contribution >= 0.6 is 11.3 Å². The summed E-state index contributed by atoms with van der Waals surface area (Å²) >= 11 is 1.86. The summed E-state index contributed by atoms with van der Waals surface area (Å²) in [5.41, 5.74) is 1.29. The molecule has 3 heteroatoms. The molecule has 0 bridgehead atoms. The molecule has 1 fully saturated rings. The molecule has 90 valence electrons. The molecule has 1 saturated carbocycles. The molecule has 0 amide bonds.